The molecule has 37 heavy (non-hydrogen) atoms. The van der Waals surface area contributed by atoms with Crippen LogP contribution in [0, 0.1) is 0 Å². The van der Waals surface area contributed by atoms with E-state index in [4.69, 9.17) is 19.9 Å². The number of hydrogen-bond acceptors (Lipinski definition) is 10. The van der Waals surface area contributed by atoms with Crippen LogP contribution < -0.4 is 10.5 Å². The van der Waals surface area contributed by atoms with E-state index in [1.165, 1.54) is 26.2 Å². The fraction of sp³-hybridized carbons (Fsp3) is 0.444. The second-order valence-electron chi connectivity index (χ2n) is 10.0. The van der Waals surface area contributed by atoms with Gasteiger partial charge in [0.15, 0.2) is 17.9 Å². The molecule has 2 aliphatic carbocycles. The number of phenolic OH excluding ortho intramolecular Hbond substituents is 1. The van der Waals surface area contributed by atoms with Crippen LogP contribution >= 0.6 is 0 Å². The quantitative estimate of drug-likeness (QED) is 0.401. The number of nitrogens with two attached hydrogens (primary N) is 1. The summed E-state index contributed by atoms with van der Waals surface area (Å²) in [6, 6.07) is 5.47. The highest BCUT2D eigenvalue weighted by Gasteiger charge is 2.47. The zero-order valence-electron chi connectivity index (χ0n) is 20.7. The molecule has 3 aliphatic rings. The lowest BCUT2D eigenvalue weighted by atomic mass is 9.72. The van der Waals surface area contributed by atoms with E-state index in [1.807, 2.05) is 0 Å². The molecule has 0 aromatic heterocycles. The average Bonchev–Trinajstić information content (AvgIpc) is 2.84. The average molecular weight is 512 g/mol. The summed E-state index contributed by atoms with van der Waals surface area (Å²) in [6.07, 6.45) is -3.76. The maximum atomic E-state index is 13.6. The Bertz CT molecular complexity index is 1310. The summed E-state index contributed by atoms with van der Waals surface area (Å²) in [7, 11) is 1.38. The van der Waals surface area contributed by atoms with Crippen LogP contribution in [-0.4, -0.2) is 69.9 Å². The Labute approximate surface area is 212 Å². The van der Waals surface area contributed by atoms with Gasteiger partial charge in [0.1, 0.15) is 17.1 Å². The topological polar surface area (TPSA) is 166 Å². The predicted molar refractivity (Wildman–Crippen MR) is 129 cm³/mol. The third-order valence-corrected chi connectivity index (χ3v) is 7.67. The first-order valence-electron chi connectivity index (χ1n) is 12.1. The first-order chi connectivity index (χ1) is 17.5. The summed E-state index contributed by atoms with van der Waals surface area (Å²) in [6.45, 7) is 2.90. The Morgan fingerprint density at radius 2 is 1.92 bits per heavy atom. The SMILES string of the molecule is COc1cccc2c1C(=O)c1c(cc3c(c1O)C(O[C@H]1C[C@H](N)[C@H](O)[C@H](C)O1)C[C@](O)(C(C)=O)C3)C2=O. The van der Waals surface area contributed by atoms with E-state index in [-0.39, 0.29) is 52.8 Å². The number of carbonyl (C=O) groups is 3. The van der Waals surface area contributed by atoms with Crippen LogP contribution in [0.3, 0.4) is 0 Å². The molecule has 5 N–H and O–H groups in total. The van der Waals surface area contributed by atoms with E-state index in [2.05, 4.69) is 0 Å². The highest BCUT2D eigenvalue weighted by atomic mass is 16.7. The molecule has 0 saturated carbocycles. The smallest absolute Gasteiger partial charge is 0.201 e. The number of benzene rings is 2. The van der Waals surface area contributed by atoms with Crippen molar-refractivity contribution in [1.82, 2.24) is 0 Å². The number of hydrogen-bond donors (Lipinski definition) is 4. The Morgan fingerprint density at radius 1 is 1.19 bits per heavy atom. The third-order valence-electron chi connectivity index (χ3n) is 7.67. The first kappa shape index (κ1) is 25.5. The van der Waals surface area contributed by atoms with Gasteiger partial charge in [-0.2, -0.15) is 0 Å². The molecular weight excluding hydrogens is 482 g/mol. The molecule has 5 rings (SSSR count). The van der Waals surface area contributed by atoms with Gasteiger partial charge in [0, 0.05) is 42.0 Å². The van der Waals surface area contributed by atoms with Gasteiger partial charge in [-0.3, -0.25) is 14.4 Å². The van der Waals surface area contributed by atoms with Crippen LogP contribution in [0.15, 0.2) is 24.3 Å². The van der Waals surface area contributed by atoms with Gasteiger partial charge in [-0.05, 0) is 31.5 Å². The maximum Gasteiger partial charge on any atom is 0.201 e. The zero-order valence-corrected chi connectivity index (χ0v) is 20.7. The number of carbonyl (C=O) groups excluding carboxylic acids is 3. The fourth-order valence-corrected chi connectivity index (χ4v) is 5.58. The maximum absolute atomic E-state index is 13.6. The number of phenols is 1. The molecule has 6 atom stereocenters. The van der Waals surface area contributed by atoms with E-state index in [9.17, 15) is 29.7 Å². The number of fused-ring (bicyclic) bond motifs is 3. The van der Waals surface area contributed by atoms with Crippen molar-refractivity contribution in [2.75, 3.05) is 7.11 Å². The minimum Gasteiger partial charge on any atom is -0.507 e. The van der Waals surface area contributed by atoms with E-state index in [0.29, 0.717) is 5.56 Å². The summed E-state index contributed by atoms with van der Waals surface area (Å²) < 4.78 is 17.2. The van der Waals surface area contributed by atoms with Gasteiger partial charge in [0.05, 0.1) is 36.5 Å². The normalized spacial score (nSPS) is 30.8. The second kappa shape index (κ2) is 9.00. The fourth-order valence-electron chi connectivity index (χ4n) is 5.58. The molecule has 2 aromatic rings. The number of methoxy groups -OCH3 is 1. The van der Waals surface area contributed by atoms with Crippen molar-refractivity contribution in [1.29, 1.82) is 0 Å². The Balaban J connectivity index is 1.64. The molecule has 1 saturated heterocycles. The highest BCUT2D eigenvalue weighted by molar-refractivity contribution is 6.30. The van der Waals surface area contributed by atoms with Crippen molar-refractivity contribution in [2.24, 2.45) is 5.73 Å². The van der Waals surface area contributed by atoms with Crippen molar-refractivity contribution in [3.8, 4) is 11.5 Å². The monoisotopic (exact) mass is 511 g/mol. The molecule has 2 aromatic carbocycles. The van der Waals surface area contributed by atoms with E-state index in [1.54, 1.807) is 19.1 Å². The number of aliphatic hydroxyl groups is 2. The molecule has 10 heteroatoms. The van der Waals surface area contributed by atoms with Crippen LogP contribution in [0.5, 0.6) is 11.5 Å². The van der Waals surface area contributed by atoms with Gasteiger partial charge in [0.2, 0.25) is 5.78 Å². The molecule has 1 heterocycles. The van der Waals surface area contributed by atoms with Gasteiger partial charge in [0.25, 0.3) is 0 Å². The molecule has 1 fully saturated rings. The summed E-state index contributed by atoms with van der Waals surface area (Å²) >= 11 is 0. The first-order valence-corrected chi connectivity index (χ1v) is 12.1. The lowest BCUT2D eigenvalue weighted by Crippen LogP contribution is -2.52. The lowest BCUT2D eigenvalue weighted by Gasteiger charge is -2.42. The van der Waals surface area contributed by atoms with Crippen molar-refractivity contribution in [3.63, 3.8) is 0 Å². The van der Waals surface area contributed by atoms with Gasteiger partial charge in [-0.15, -0.1) is 0 Å². The predicted octanol–water partition coefficient (Wildman–Crippen LogP) is 1.32. The minimum atomic E-state index is -1.83. The molecule has 1 unspecified atom stereocenters. The second-order valence-corrected chi connectivity index (χ2v) is 10.0. The van der Waals surface area contributed by atoms with Gasteiger partial charge >= 0.3 is 0 Å². The summed E-state index contributed by atoms with van der Waals surface area (Å²) in [5.74, 6) is -1.83. The number of ketones is 3. The number of Topliss-reactive ketones (excluding diaryl/α,β-unsaturated/α-hetero) is 1. The zero-order chi connectivity index (χ0) is 26.8. The van der Waals surface area contributed by atoms with Crippen molar-refractivity contribution in [2.45, 2.75) is 69.4 Å². The number of rotatable bonds is 4. The molecule has 0 spiro atoms. The minimum absolute atomic E-state index is 0.0266. The number of ether oxygens (including phenoxy) is 3. The largest absolute Gasteiger partial charge is 0.507 e. The van der Waals surface area contributed by atoms with Crippen LogP contribution in [-0.2, 0) is 20.7 Å². The van der Waals surface area contributed by atoms with Crippen molar-refractivity contribution < 1.29 is 43.9 Å². The molecule has 196 valence electrons. The van der Waals surface area contributed by atoms with Crippen molar-refractivity contribution in [3.05, 3.63) is 57.6 Å². The standard InChI is InChI=1S/C27H29NO9/c1-11-23(30)16(28)8-19(36-11)37-18-10-27(34,12(2)29)9-13-7-15-22(25(32)20(13)18)26(33)21-14(24(15)31)5-4-6-17(21)35-3/h4-7,11,16,18-19,23,30,32,34H,8-10,28H2,1-3H3/t11-,16-,18?,19-,23+,27-/m0/s1. The summed E-state index contributed by atoms with van der Waals surface area (Å²) in [4.78, 5) is 39.5. The Morgan fingerprint density at radius 3 is 2.57 bits per heavy atom. The molecule has 0 amide bonds. The van der Waals surface area contributed by atoms with Crippen LogP contribution in [0.4, 0.5) is 0 Å². The molecule has 0 radical (unpaired) electrons. The van der Waals surface area contributed by atoms with E-state index < -0.39 is 59.3 Å². The summed E-state index contributed by atoms with van der Waals surface area (Å²) in [5, 5.41) is 32.8. The van der Waals surface area contributed by atoms with Gasteiger partial charge in [-0.25, -0.2) is 0 Å². The van der Waals surface area contributed by atoms with E-state index >= 15 is 0 Å². The summed E-state index contributed by atoms with van der Waals surface area (Å²) in [5.41, 5.74) is 4.68. The third kappa shape index (κ3) is 3.96. The molecule has 1 aliphatic heterocycles. The highest BCUT2D eigenvalue weighted by Crippen LogP contribution is 2.48. The van der Waals surface area contributed by atoms with Crippen LogP contribution in [0.2, 0.25) is 0 Å². The number of aliphatic hydroxyl groups excluding tert-OH is 1. The number of aromatic hydroxyl groups is 1. The molecule has 0 bridgehead atoms. The lowest BCUT2D eigenvalue weighted by molar-refractivity contribution is -0.247. The Hall–Kier alpha value is -3.15. The van der Waals surface area contributed by atoms with Gasteiger partial charge < -0.3 is 35.3 Å². The van der Waals surface area contributed by atoms with Gasteiger partial charge in [-0.1, -0.05) is 12.1 Å². The van der Waals surface area contributed by atoms with Crippen LogP contribution in [0.25, 0.3) is 0 Å². The Kier molecular flexibility index (Phi) is 6.20. The molecule has 10 nitrogen and oxygen atoms in total. The molecular formula is C27H29NO9. The van der Waals surface area contributed by atoms with E-state index in [0.717, 1.165) is 0 Å². The van der Waals surface area contributed by atoms with Crippen molar-refractivity contribution >= 4 is 17.3 Å². The van der Waals surface area contributed by atoms with Crippen LogP contribution in [0.1, 0.15) is 75.8 Å².